The van der Waals surface area contributed by atoms with E-state index in [1.165, 1.54) is 0 Å². The van der Waals surface area contributed by atoms with E-state index >= 15 is 0 Å². The lowest BCUT2D eigenvalue weighted by Crippen LogP contribution is -1.95. The number of aromatic nitrogens is 2. The summed E-state index contributed by atoms with van der Waals surface area (Å²) >= 11 is 0. The van der Waals surface area contributed by atoms with Crippen molar-refractivity contribution in [3.63, 3.8) is 0 Å². The molecule has 0 fully saturated rings. The van der Waals surface area contributed by atoms with Crippen LogP contribution in [0.15, 0.2) is 24.5 Å². The molecule has 14 heavy (non-hydrogen) atoms. The van der Waals surface area contributed by atoms with E-state index in [1.807, 2.05) is 18.2 Å². The van der Waals surface area contributed by atoms with Crippen molar-refractivity contribution < 1.29 is 5.11 Å². The van der Waals surface area contributed by atoms with Gasteiger partial charge in [0.2, 0.25) is 0 Å². The van der Waals surface area contributed by atoms with Gasteiger partial charge in [0.1, 0.15) is 0 Å². The highest BCUT2D eigenvalue weighted by atomic mass is 16.3. The van der Waals surface area contributed by atoms with Gasteiger partial charge in [-0.1, -0.05) is 6.07 Å². The van der Waals surface area contributed by atoms with Gasteiger partial charge in [0.15, 0.2) is 0 Å². The Morgan fingerprint density at radius 2 is 2.43 bits per heavy atom. The molecule has 1 atom stereocenters. The summed E-state index contributed by atoms with van der Waals surface area (Å²) in [6.07, 6.45) is 0.998. The Balaban J connectivity index is 2.39. The molecular weight excluding hydrogens is 178 g/mol. The topological polar surface area (TPSA) is 72.7 Å². The van der Waals surface area contributed by atoms with E-state index in [0.29, 0.717) is 0 Å². The molecule has 0 aliphatic heterocycles. The fourth-order valence-electron chi connectivity index (χ4n) is 1.36. The van der Waals surface area contributed by atoms with Crippen molar-refractivity contribution in [2.45, 2.75) is 12.5 Å². The zero-order valence-corrected chi connectivity index (χ0v) is 7.44. The molecule has 1 aromatic heterocycles. The maximum Gasteiger partial charge on any atom is 0.0931 e. The maximum absolute atomic E-state index is 9.56. The number of nitrogens with zero attached hydrogens (tertiary/aromatic N) is 2. The Kier molecular flexibility index (Phi) is 2.17. The van der Waals surface area contributed by atoms with Crippen LogP contribution < -0.4 is 0 Å². The van der Waals surface area contributed by atoms with Crippen LogP contribution in [0.4, 0.5) is 0 Å². The number of fused-ring (bicyclic) bond motifs is 1. The predicted octanol–water partition coefficient (Wildman–Crippen LogP) is 1.51. The fourth-order valence-corrected chi connectivity index (χ4v) is 1.36. The molecule has 1 unspecified atom stereocenters. The van der Waals surface area contributed by atoms with Gasteiger partial charge in [-0.2, -0.15) is 5.26 Å². The fraction of sp³-hybridized carbons (Fsp3) is 0.200. The van der Waals surface area contributed by atoms with Crippen LogP contribution in [0.5, 0.6) is 0 Å². The zero-order valence-electron chi connectivity index (χ0n) is 7.44. The lowest BCUT2D eigenvalue weighted by molar-refractivity contribution is 0.183. The van der Waals surface area contributed by atoms with Gasteiger partial charge in [-0.05, 0) is 17.7 Å². The smallest absolute Gasteiger partial charge is 0.0931 e. The monoisotopic (exact) mass is 187 g/mol. The number of imidazole rings is 1. The van der Waals surface area contributed by atoms with Gasteiger partial charge in [-0.3, -0.25) is 0 Å². The number of nitriles is 1. The van der Waals surface area contributed by atoms with Crippen LogP contribution in [0.1, 0.15) is 18.1 Å². The molecule has 1 aromatic carbocycles. The van der Waals surface area contributed by atoms with Crippen molar-refractivity contribution in [2.24, 2.45) is 0 Å². The van der Waals surface area contributed by atoms with E-state index in [0.717, 1.165) is 16.6 Å². The number of nitrogens with one attached hydrogen (secondary N) is 1. The third-order valence-corrected chi connectivity index (χ3v) is 2.11. The van der Waals surface area contributed by atoms with Crippen LogP contribution >= 0.6 is 0 Å². The molecule has 70 valence electrons. The zero-order chi connectivity index (χ0) is 9.97. The Labute approximate surface area is 80.8 Å². The first-order chi connectivity index (χ1) is 6.81. The van der Waals surface area contributed by atoms with Gasteiger partial charge < -0.3 is 10.1 Å². The minimum atomic E-state index is -0.715. The molecule has 4 heteroatoms. The van der Waals surface area contributed by atoms with Gasteiger partial charge in [0.25, 0.3) is 0 Å². The van der Waals surface area contributed by atoms with Gasteiger partial charge in [-0.25, -0.2) is 4.98 Å². The highest BCUT2D eigenvalue weighted by Crippen LogP contribution is 2.19. The third kappa shape index (κ3) is 1.45. The Bertz CT molecular complexity index is 483. The average molecular weight is 187 g/mol. The number of H-pyrrole nitrogens is 1. The second kappa shape index (κ2) is 3.48. The average Bonchev–Trinajstić information content (AvgIpc) is 2.64. The molecule has 0 aliphatic rings. The van der Waals surface area contributed by atoms with E-state index in [-0.39, 0.29) is 6.42 Å². The largest absolute Gasteiger partial charge is 0.387 e. The molecule has 0 bridgehead atoms. The van der Waals surface area contributed by atoms with E-state index in [2.05, 4.69) is 9.97 Å². The lowest BCUT2D eigenvalue weighted by Gasteiger charge is -2.05. The van der Waals surface area contributed by atoms with Crippen LogP contribution in [0.25, 0.3) is 11.0 Å². The molecule has 0 aliphatic carbocycles. The molecule has 0 spiro atoms. The summed E-state index contributed by atoms with van der Waals surface area (Å²) in [4.78, 5) is 7.01. The summed E-state index contributed by atoms with van der Waals surface area (Å²) in [5, 5.41) is 18.0. The molecule has 2 aromatic rings. The first-order valence-electron chi connectivity index (χ1n) is 4.29. The summed E-state index contributed by atoms with van der Waals surface area (Å²) in [6.45, 7) is 0. The van der Waals surface area contributed by atoms with Gasteiger partial charge in [0.05, 0.1) is 36.0 Å². The third-order valence-electron chi connectivity index (χ3n) is 2.11. The molecule has 2 N–H and O–H groups in total. The van der Waals surface area contributed by atoms with Gasteiger partial charge in [0, 0.05) is 0 Å². The van der Waals surface area contributed by atoms with Crippen LogP contribution in [0.3, 0.4) is 0 Å². The van der Waals surface area contributed by atoms with Crippen molar-refractivity contribution in [1.82, 2.24) is 9.97 Å². The summed E-state index contributed by atoms with van der Waals surface area (Å²) in [7, 11) is 0. The van der Waals surface area contributed by atoms with E-state index in [9.17, 15) is 5.11 Å². The van der Waals surface area contributed by atoms with E-state index in [1.54, 1.807) is 12.4 Å². The van der Waals surface area contributed by atoms with Crippen molar-refractivity contribution >= 4 is 11.0 Å². The first kappa shape index (κ1) is 8.73. The number of aliphatic hydroxyl groups is 1. The second-order valence-corrected chi connectivity index (χ2v) is 3.06. The van der Waals surface area contributed by atoms with Crippen molar-refractivity contribution in [2.75, 3.05) is 0 Å². The molecule has 1 heterocycles. The Morgan fingerprint density at radius 1 is 1.57 bits per heavy atom. The summed E-state index contributed by atoms with van der Waals surface area (Å²) in [5.41, 5.74) is 2.47. The van der Waals surface area contributed by atoms with E-state index < -0.39 is 6.10 Å². The summed E-state index contributed by atoms with van der Waals surface area (Å²) < 4.78 is 0. The van der Waals surface area contributed by atoms with Crippen molar-refractivity contribution in [1.29, 1.82) is 5.26 Å². The first-order valence-corrected chi connectivity index (χ1v) is 4.29. The number of rotatable bonds is 2. The summed E-state index contributed by atoms with van der Waals surface area (Å²) in [6, 6.07) is 7.35. The molecule has 0 saturated heterocycles. The second-order valence-electron chi connectivity index (χ2n) is 3.06. The normalized spacial score (nSPS) is 12.6. The van der Waals surface area contributed by atoms with Gasteiger partial charge >= 0.3 is 0 Å². The maximum atomic E-state index is 9.56. The SMILES string of the molecule is N#CCC(O)c1ccc2nc[nH]c2c1. The van der Waals surface area contributed by atoms with Crippen LogP contribution in [-0.2, 0) is 0 Å². The minimum absolute atomic E-state index is 0.111. The number of aromatic amines is 1. The molecule has 0 radical (unpaired) electrons. The van der Waals surface area contributed by atoms with Crippen molar-refractivity contribution in [3.8, 4) is 6.07 Å². The van der Waals surface area contributed by atoms with Crippen LogP contribution in [0, 0.1) is 11.3 Å². The molecule has 2 rings (SSSR count). The van der Waals surface area contributed by atoms with Crippen LogP contribution in [-0.4, -0.2) is 15.1 Å². The minimum Gasteiger partial charge on any atom is -0.387 e. The Hall–Kier alpha value is -1.86. The molecular formula is C10H9N3O. The van der Waals surface area contributed by atoms with Gasteiger partial charge in [-0.15, -0.1) is 0 Å². The molecule has 4 nitrogen and oxygen atoms in total. The molecule has 0 saturated carbocycles. The number of benzene rings is 1. The Morgan fingerprint density at radius 3 is 3.21 bits per heavy atom. The lowest BCUT2D eigenvalue weighted by atomic mass is 10.1. The number of hydrogen-bond acceptors (Lipinski definition) is 3. The van der Waals surface area contributed by atoms with Crippen molar-refractivity contribution in [3.05, 3.63) is 30.1 Å². The summed E-state index contributed by atoms with van der Waals surface area (Å²) in [5.74, 6) is 0. The highest BCUT2D eigenvalue weighted by molar-refractivity contribution is 5.75. The van der Waals surface area contributed by atoms with Crippen LogP contribution in [0.2, 0.25) is 0 Å². The van der Waals surface area contributed by atoms with E-state index in [4.69, 9.17) is 5.26 Å². The quantitative estimate of drug-likeness (QED) is 0.748. The number of aliphatic hydroxyl groups excluding tert-OH is 1. The predicted molar refractivity (Wildman–Crippen MR) is 51.3 cm³/mol. The highest BCUT2D eigenvalue weighted by Gasteiger charge is 2.07. The molecule has 0 amide bonds. The number of hydrogen-bond donors (Lipinski definition) is 2. The standard InChI is InChI=1S/C10H9N3O/c11-4-3-10(14)7-1-2-8-9(5-7)13-6-12-8/h1-2,5-6,10,14H,3H2,(H,12,13).